The van der Waals surface area contributed by atoms with Gasteiger partial charge in [0.2, 0.25) is 5.91 Å². The van der Waals surface area contributed by atoms with Crippen molar-refractivity contribution in [3.8, 4) is 17.2 Å². The first kappa shape index (κ1) is 22.4. The van der Waals surface area contributed by atoms with Crippen LogP contribution in [-0.4, -0.2) is 32.6 Å². The van der Waals surface area contributed by atoms with E-state index in [9.17, 15) is 9.59 Å². The Morgan fingerprint density at radius 1 is 0.812 bits per heavy atom. The standard InChI is InChI=1S/C25H24N2O5/c1-30-22-13-11-18(15-23(22)31-2)12-14-24(28)26-19-7-6-8-20(16-19)27-25(29)17-32-21-9-4-3-5-10-21/h3-16H,17H2,1-2H3,(H,26,28)(H,27,29)/b14-12+. The number of para-hydroxylation sites is 1. The Morgan fingerprint density at radius 3 is 2.25 bits per heavy atom. The molecule has 0 atom stereocenters. The summed E-state index contributed by atoms with van der Waals surface area (Å²) in [6.45, 7) is -0.116. The van der Waals surface area contributed by atoms with Crippen LogP contribution in [0.2, 0.25) is 0 Å². The Hall–Kier alpha value is -4.26. The van der Waals surface area contributed by atoms with E-state index in [1.54, 1.807) is 68.8 Å². The van der Waals surface area contributed by atoms with Crippen LogP contribution in [0.15, 0.2) is 78.9 Å². The topological polar surface area (TPSA) is 85.9 Å². The van der Waals surface area contributed by atoms with Gasteiger partial charge >= 0.3 is 0 Å². The number of ether oxygens (including phenoxy) is 3. The highest BCUT2D eigenvalue weighted by Gasteiger charge is 2.06. The van der Waals surface area contributed by atoms with Gasteiger partial charge < -0.3 is 24.8 Å². The molecule has 0 radical (unpaired) electrons. The van der Waals surface area contributed by atoms with Gasteiger partial charge in [-0.2, -0.15) is 0 Å². The van der Waals surface area contributed by atoms with Crippen LogP contribution in [0.3, 0.4) is 0 Å². The lowest BCUT2D eigenvalue weighted by atomic mass is 10.2. The lowest BCUT2D eigenvalue weighted by Gasteiger charge is -2.09. The van der Waals surface area contributed by atoms with Crippen molar-refractivity contribution in [1.82, 2.24) is 0 Å². The highest BCUT2D eigenvalue weighted by Crippen LogP contribution is 2.28. The van der Waals surface area contributed by atoms with E-state index in [4.69, 9.17) is 14.2 Å². The summed E-state index contributed by atoms with van der Waals surface area (Å²) in [5.41, 5.74) is 1.89. The van der Waals surface area contributed by atoms with E-state index in [2.05, 4.69) is 10.6 Å². The van der Waals surface area contributed by atoms with Gasteiger partial charge in [0, 0.05) is 17.5 Å². The minimum atomic E-state index is -0.310. The van der Waals surface area contributed by atoms with Crippen molar-refractivity contribution >= 4 is 29.3 Å². The summed E-state index contributed by atoms with van der Waals surface area (Å²) in [6.07, 6.45) is 3.09. The van der Waals surface area contributed by atoms with Gasteiger partial charge in [-0.05, 0) is 54.1 Å². The van der Waals surface area contributed by atoms with E-state index in [0.717, 1.165) is 5.56 Å². The van der Waals surface area contributed by atoms with Gasteiger partial charge in [-0.1, -0.05) is 30.3 Å². The fourth-order valence-corrected chi connectivity index (χ4v) is 2.85. The second-order valence-corrected chi connectivity index (χ2v) is 6.67. The van der Waals surface area contributed by atoms with E-state index < -0.39 is 0 Å². The first-order chi connectivity index (χ1) is 15.6. The number of methoxy groups -OCH3 is 2. The van der Waals surface area contributed by atoms with Gasteiger partial charge in [-0.3, -0.25) is 9.59 Å². The Kier molecular flexibility index (Phi) is 7.86. The number of anilines is 2. The molecule has 3 rings (SSSR count). The Bertz CT molecular complexity index is 1100. The van der Waals surface area contributed by atoms with E-state index in [1.165, 1.54) is 6.08 Å². The van der Waals surface area contributed by atoms with Crippen LogP contribution in [0.5, 0.6) is 17.2 Å². The average Bonchev–Trinajstić information content (AvgIpc) is 2.82. The van der Waals surface area contributed by atoms with Crippen LogP contribution in [0.4, 0.5) is 11.4 Å². The van der Waals surface area contributed by atoms with Crippen LogP contribution >= 0.6 is 0 Å². The molecule has 0 unspecified atom stereocenters. The zero-order chi connectivity index (χ0) is 22.8. The summed E-state index contributed by atoms with van der Waals surface area (Å²) >= 11 is 0. The first-order valence-electron chi connectivity index (χ1n) is 9.86. The summed E-state index contributed by atoms with van der Waals surface area (Å²) in [7, 11) is 3.12. The smallest absolute Gasteiger partial charge is 0.262 e. The molecule has 2 amide bonds. The molecular weight excluding hydrogens is 408 g/mol. The molecule has 32 heavy (non-hydrogen) atoms. The second-order valence-electron chi connectivity index (χ2n) is 6.67. The molecule has 7 heteroatoms. The number of carbonyl (C=O) groups is 2. The molecule has 0 fully saturated rings. The number of benzene rings is 3. The highest BCUT2D eigenvalue weighted by molar-refractivity contribution is 6.02. The van der Waals surface area contributed by atoms with E-state index >= 15 is 0 Å². The molecule has 3 aromatic carbocycles. The molecule has 0 aliphatic rings. The van der Waals surface area contributed by atoms with Crippen LogP contribution in [0, 0.1) is 0 Å². The zero-order valence-electron chi connectivity index (χ0n) is 17.8. The van der Waals surface area contributed by atoms with Crippen molar-refractivity contribution < 1.29 is 23.8 Å². The van der Waals surface area contributed by atoms with Gasteiger partial charge in [0.15, 0.2) is 18.1 Å². The maximum Gasteiger partial charge on any atom is 0.262 e. The molecule has 164 valence electrons. The predicted molar refractivity (Wildman–Crippen MR) is 124 cm³/mol. The molecule has 2 N–H and O–H groups in total. The van der Waals surface area contributed by atoms with Crippen molar-refractivity contribution in [2.24, 2.45) is 0 Å². The SMILES string of the molecule is COc1ccc(/C=C/C(=O)Nc2cccc(NC(=O)COc3ccccc3)c2)cc1OC. The number of amides is 2. The highest BCUT2D eigenvalue weighted by atomic mass is 16.5. The number of hydrogen-bond donors (Lipinski definition) is 2. The predicted octanol–water partition coefficient (Wildman–Crippen LogP) is 4.37. The number of hydrogen-bond acceptors (Lipinski definition) is 5. The third kappa shape index (κ3) is 6.63. The molecule has 0 bridgehead atoms. The molecule has 7 nitrogen and oxygen atoms in total. The molecule has 0 aromatic heterocycles. The summed E-state index contributed by atoms with van der Waals surface area (Å²) in [6, 6.07) is 21.3. The molecule has 0 spiro atoms. The number of carbonyl (C=O) groups excluding carboxylic acids is 2. The van der Waals surface area contributed by atoms with E-state index in [-0.39, 0.29) is 18.4 Å². The second kappa shape index (κ2) is 11.2. The third-order valence-electron chi connectivity index (χ3n) is 4.36. The molecular formula is C25H24N2O5. The molecule has 0 saturated heterocycles. The summed E-state index contributed by atoms with van der Waals surface area (Å²) < 4.78 is 15.9. The molecule has 0 aliphatic carbocycles. The third-order valence-corrected chi connectivity index (χ3v) is 4.36. The fourth-order valence-electron chi connectivity index (χ4n) is 2.85. The van der Waals surface area contributed by atoms with Crippen molar-refractivity contribution in [3.63, 3.8) is 0 Å². The maximum atomic E-state index is 12.3. The first-order valence-corrected chi connectivity index (χ1v) is 9.86. The van der Waals surface area contributed by atoms with Gasteiger partial charge in [0.1, 0.15) is 5.75 Å². The quantitative estimate of drug-likeness (QED) is 0.491. The zero-order valence-corrected chi connectivity index (χ0v) is 17.8. The lowest BCUT2D eigenvalue weighted by molar-refractivity contribution is -0.118. The van der Waals surface area contributed by atoms with E-state index in [0.29, 0.717) is 28.6 Å². The molecule has 0 heterocycles. The largest absolute Gasteiger partial charge is 0.493 e. The lowest BCUT2D eigenvalue weighted by Crippen LogP contribution is -2.20. The van der Waals surface area contributed by atoms with Crippen molar-refractivity contribution in [1.29, 1.82) is 0 Å². The minimum absolute atomic E-state index is 0.116. The van der Waals surface area contributed by atoms with Crippen molar-refractivity contribution in [2.45, 2.75) is 0 Å². The fraction of sp³-hybridized carbons (Fsp3) is 0.120. The Balaban J connectivity index is 1.55. The Morgan fingerprint density at radius 2 is 1.53 bits per heavy atom. The maximum absolute atomic E-state index is 12.3. The molecule has 0 aliphatic heterocycles. The van der Waals surface area contributed by atoms with Crippen LogP contribution in [-0.2, 0) is 9.59 Å². The monoisotopic (exact) mass is 432 g/mol. The summed E-state index contributed by atoms with van der Waals surface area (Å²) in [5, 5.41) is 5.52. The van der Waals surface area contributed by atoms with Gasteiger partial charge in [0.05, 0.1) is 14.2 Å². The Labute approximate surface area is 186 Å². The van der Waals surface area contributed by atoms with Gasteiger partial charge in [0.25, 0.3) is 5.91 Å². The molecule has 0 saturated carbocycles. The number of nitrogens with one attached hydrogen (secondary N) is 2. The van der Waals surface area contributed by atoms with Crippen molar-refractivity contribution in [3.05, 3.63) is 84.4 Å². The van der Waals surface area contributed by atoms with Gasteiger partial charge in [-0.25, -0.2) is 0 Å². The van der Waals surface area contributed by atoms with Crippen molar-refractivity contribution in [2.75, 3.05) is 31.5 Å². The van der Waals surface area contributed by atoms with Crippen LogP contribution < -0.4 is 24.8 Å². The van der Waals surface area contributed by atoms with Gasteiger partial charge in [-0.15, -0.1) is 0 Å². The van der Waals surface area contributed by atoms with Crippen LogP contribution in [0.25, 0.3) is 6.08 Å². The molecule has 3 aromatic rings. The minimum Gasteiger partial charge on any atom is -0.493 e. The summed E-state index contributed by atoms with van der Waals surface area (Å²) in [5.74, 6) is 1.20. The average molecular weight is 432 g/mol. The van der Waals surface area contributed by atoms with E-state index in [1.807, 2.05) is 24.3 Å². The normalized spacial score (nSPS) is 10.4. The number of rotatable bonds is 9. The summed E-state index contributed by atoms with van der Waals surface area (Å²) in [4.78, 5) is 24.4. The van der Waals surface area contributed by atoms with Crippen LogP contribution in [0.1, 0.15) is 5.56 Å².